The van der Waals surface area contributed by atoms with Gasteiger partial charge >= 0.3 is 0 Å². The van der Waals surface area contributed by atoms with Gasteiger partial charge in [-0.25, -0.2) is 0 Å². The Morgan fingerprint density at radius 2 is 1.36 bits per heavy atom. The first-order valence-electron chi connectivity index (χ1n) is 5.36. The van der Waals surface area contributed by atoms with Gasteiger partial charge in [0.2, 0.25) is 0 Å². The highest BCUT2D eigenvalue weighted by Crippen LogP contribution is 2.23. The van der Waals surface area contributed by atoms with Crippen molar-refractivity contribution in [3.8, 4) is 0 Å². The van der Waals surface area contributed by atoms with Crippen LogP contribution in [0, 0.1) is 26.2 Å². The van der Waals surface area contributed by atoms with Gasteiger partial charge in [0.25, 0.3) is 0 Å². The predicted molar refractivity (Wildman–Crippen MR) is 63.8 cm³/mol. The highest BCUT2D eigenvalue weighted by molar-refractivity contribution is 5.37. The average molecular weight is 190 g/mol. The molecular weight excluding hydrogens is 168 g/mol. The molecular formula is C14H22. The molecule has 1 aromatic rings. The largest absolute Gasteiger partial charge is 0.0599 e. The summed E-state index contributed by atoms with van der Waals surface area (Å²) >= 11 is 0. The van der Waals surface area contributed by atoms with Crippen molar-refractivity contribution in [2.45, 2.75) is 48.0 Å². The molecule has 0 radical (unpaired) electrons. The molecule has 78 valence electrons. The van der Waals surface area contributed by atoms with Crippen molar-refractivity contribution >= 4 is 0 Å². The van der Waals surface area contributed by atoms with E-state index >= 15 is 0 Å². The quantitative estimate of drug-likeness (QED) is 0.622. The zero-order valence-electron chi connectivity index (χ0n) is 10.4. The SMILES string of the molecule is Cc1cc(CC(C)(C)C)cc(C)c1C. The first-order valence-corrected chi connectivity index (χ1v) is 5.36. The summed E-state index contributed by atoms with van der Waals surface area (Å²) in [6.07, 6.45) is 1.16. The molecule has 0 aliphatic carbocycles. The molecule has 0 N–H and O–H groups in total. The Morgan fingerprint density at radius 3 is 1.71 bits per heavy atom. The summed E-state index contributed by atoms with van der Waals surface area (Å²) in [5.41, 5.74) is 6.13. The Labute approximate surface area is 88.4 Å². The van der Waals surface area contributed by atoms with E-state index in [4.69, 9.17) is 0 Å². The van der Waals surface area contributed by atoms with Crippen molar-refractivity contribution in [2.75, 3.05) is 0 Å². The second kappa shape index (κ2) is 3.76. The van der Waals surface area contributed by atoms with Crippen molar-refractivity contribution < 1.29 is 0 Å². The van der Waals surface area contributed by atoms with Crippen LogP contribution in [0.4, 0.5) is 0 Å². The lowest BCUT2D eigenvalue weighted by molar-refractivity contribution is 0.411. The summed E-state index contributed by atoms with van der Waals surface area (Å²) in [6, 6.07) is 4.65. The second-order valence-corrected chi connectivity index (χ2v) is 5.59. The van der Waals surface area contributed by atoms with E-state index in [1.54, 1.807) is 0 Å². The Kier molecular flexibility index (Phi) is 3.04. The van der Waals surface area contributed by atoms with E-state index in [-0.39, 0.29) is 0 Å². The van der Waals surface area contributed by atoms with Gasteiger partial charge in [-0.1, -0.05) is 32.9 Å². The number of hydrogen-bond donors (Lipinski definition) is 0. The summed E-state index contributed by atoms with van der Waals surface area (Å²) in [5, 5.41) is 0. The van der Waals surface area contributed by atoms with E-state index in [1.807, 2.05) is 0 Å². The average Bonchev–Trinajstić information content (AvgIpc) is 1.96. The molecule has 0 aliphatic heterocycles. The summed E-state index contributed by atoms with van der Waals surface area (Å²) in [7, 11) is 0. The standard InChI is InChI=1S/C14H22/c1-10-7-13(9-14(4,5)6)8-11(2)12(10)3/h7-8H,9H2,1-6H3. The van der Waals surface area contributed by atoms with Crippen LogP contribution >= 0.6 is 0 Å². The summed E-state index contributed by atoms with van der Waals surface area (Å²) in [5.74, 6) is 0. The fourth-order valence-corrected chi connectivity index (χ4v) is 1.84. The number of aryl methyl sites for hydroxylation is 2. The molecule has 0 saturated carbocycles. The van der Waals surface area contributed by atoms with Gasteiger partial charge in [-0.2, -0.15) is 0 Å². The van der Waals surface area contributed by atoms with Crippen LogP contribution in [0.1, 0.15) is 43.0 Å². The fraction of sp³-hybridized carbons (Fsp3) is 0.571. The molecule has 0 spiro atoms. The monoisotopic (exact) mass is 190 g/mol. The minimum atomic E-state index is 0.383. The maximum absolute atomic E-state index is 2.33. The van der Waals surface area contributed by atoms with Gasteiger partial charge in [-0.3, -0.25) is 0 Å². The minimum Gasteiger partial charge on any atom is -0.0599 e. The van der Waals surface area contributed by atoms with Gasteiger partial charge in [0.15, 0.2) is 0 Å². The fourth-order valence-electron chi connectivity index (χ4n) is 1.84. The zero-order chi connectivity index (χ0) is 10.9. The molecule has 1 rings (SSSR count). The molecule has 0 amide bonds. The lowest BCUT2D eigenvalue weighted by Crippen LogP contribution is -2.09. The van der Waals surface area contributed by atoms with Gasteiger partial charge in [-0.15, -0.1) is 0 Å². The molecule has 0 unspecified atom stereocenters. The Bertz CT molecular complexity index is 303. The van der Waals surface area contributed by atoms with Crippen molar-refractivity contribution in [3.63, 3.8) is 0 Å². The summed E-state index contributed by atoms with van der Waals surface area (Å²) in [6.45, 7) is 13.5. The lowest BCUT2D eigenvalue weighted by Gasteiger charge is -2.19. The number of rotatable bonds is 1. The third-order valence-corrected chi connectivity index (χ3v) is 2.72. The Morgan fingerprint density at radius 1 is 0.929 bits per heavy atom. The third kappa shape index (κ3) is 2.87. The van der Waals surface area contributed by atoms with Gasteiger partial charge in [0.05, 0.1) is 0 Å². The molecule has 0 heterocycles. The van der Waals surface area contributed by atoms with Crippen LogP contribution in [-0.4, -0.2) is 0 Å². The van der Waals surface area contributed by atoms with Crippen molar-refractivity contribution in [3.05, 3.63) is 34.4 Å². The smallest absolute Gasteiger partial charge is 0.0230 e. The van der Waals surface area contributed by atoms with Gasteiger partial charge in [-0.05, 0) is 54.9 Å². The maximum atomic E-state index is 2.33. The molecule has 0 aromatic heterocycles. The Balaban J connectivity index is 3.02. The zero-order valence-corrected chi connectivity index (χ0v) is 10.4. The summed E-state index contributed by atoms with van der Waals surface area (Å²) < 4.78 is 0. The minimum absolute atomic E-state index is 0.383. The lowest BCUT2D eigenvalue weighted by atomic mass is 9.86. The van der Waals surface area contributed by atoms with Crippen LogP contribution in [0.25, 0.3) is 0 Å². The molecule has 0 fully saturated rings. The first-order chi connectivity index (χ1) is 6.29. The molecule has 0 aliphatic rings. The molecule has 0 nitrogen and oxygen atoms in total. The normalized spacial score (nSPS) is 11.9. The van der Waals surface area contributed by atoms with E-state index in [2.05, 4.69) is 53.7 Å². The van der Waals surface area contributed by atoms with Crippen molar-refractivity contribution in [1.29, 1.82) is 0 Å². The van der Waals surface area contributed by atoms with Gasteiger partial charge in [0, 0.05) is 0 Å². The molecule has 1 aromatic carbocycles. The molecule has 0 heteroatoms. The van der Waals surface area contributed by atoms with Crippen LogP contribution in [0.15, 0.2) is 12.1 Å². The molecule has 0 bridgehead atoms. The number of hydrogen-bond acceptors (Lipinski definition) is 0. The van der Waals surface area contributed by atoms with Gasteiger partial charge in [0.1, 0.15) is 0 Å². The first kappa shape index (κ1) is 11.3. The van der Waals surface area contributed by atoms with Crippen molar-refractivity contribution in [2.24, 2.45) is 5.41 Å². The Hall–Kier alpha value is -0.780. The predicted octanol–water partition coefficient (Wildman–Crippen LogP) is 4.20. The van der Waals surface area contributed by atoms with E-state index in [1.165, 1.54) is 22.3 Å². The van der Waals surface area contributed by atoms with Crippen molar-refractivity contribution in [1.82, 2.24) is 0 Å². The van der Waals surface area contributed by atoms with Crippen LogP contribution < -0.4 is 0 Å². The van der Waals surface area contributed by atoms with E-state index in [9.17, 15) is 0 Å². The maximum Gasteiger partial charge on any atom is -0.0230 e. The van der Waals surface area contributed by atoms with Crippen LogP contribution in [0.2, 0.25) is 0 Å². The molecule has 0 saturated heterocycles. The van der Waals surface area contributed by atoms with E-state index in [0.29, 0.717) is 5.41 Å². The third-order valence-electron chi connectivity index (χ3n) is 2.72. The molecule has 0 atom stereocenters. The molecule has 14 heavy (non-hydrogen) atoms. The van der Waals surface area contributed by atoms with Crippen LogP contribution in [-0.2, 0) is 6.42 Å². The highest BCUT2D eigenvalue weighted by Gasteiger charge is 2.12. The van der Waals surface area contributed by atoms with Gasteiger partial charge < -0.3 is 0 Å². The topological polar surface area (TPSA) is 0 Å². The number of benzene rings is 1. The van der Waals surface area contributed by atoms with E-state index in [0.717, 1.165) is 6.42 Å². The summed E-state index contributed by atoms with van der Waals surface area (Å²) in [4.78, 5) is 0. The van der Waals surface area contributed by atoms with Crippen LogP contribution in [0.5, 0.6) is 0 Å². The highest BCUT2D eigenvalue weighted by atomic mass is 14.2. The van der Waals surface area contributed by atoms with Crippen LogP contribution in [0.3, 0.4) is 0 Å². The van der Waals surface area contributed by atoms with E-state index < -0.39 is 0 Å². The second-order valence-electron chi connectivity index (χ2n) is 5.59.